The van der Waals surface area contributed by atoms with E-state index in [1.165, 1.54) is 12.5 Å². The van der Waals surface area contributed by atoms with Crippen molar-refractivity contribution >= 4 is 5.97 Å². The van der Waals surface area contributed by atoms with Gasteiger partial charge in [0.25, 0.3) is 0 Å². The first-order valence-electron chi connectivity index (χ1n) is 4.96. The van der Waals surface area contributed by atoms with Gasteiger partial charge in [-0.3, -0.25) is 4.68 Å². The monoisotopic (exact) mass is 220 g/mol. The normalized spacial score (nSPS) is 10.9. The number of hydrogen-bond acceptors (Lipinski definition) is 3. The van der Waals surface area contributed by atoms with E-state index in [1.54, 1.807) is 16.8 Å². The molecule has 2 heterocycles. The Bertz CT molecular complexity index is 497. The highest BCUT2D eigenvalue weighted by atomic mass is 16.4. The van der Waals surface area contributed by atoms with Crippen LogP contribution < -0.4 is 0 Å². The molecule has 0 aliphatic rings. The summed E-state index contributed by atoms with van der Waals surface area (Å²) in [7, 11) is 0. The maximum absolute atomic E-state index is 11.1. The molecule has 84 valence electrons. The van der Waals surface area contributed by atoms with Crippen molar-refractivity contribution < 1.29 is 14.3 Å². The second-order valence-electron chi connectivity index (χ2n) is 3.75. The van der Waals surface area contributed by atoms with Crippen LogP contribution in [0.5, 0.6) is 0 Å². The quantitative estimate of drug-likeness (QED) is 0.862. The summed E-state index contributed by atoms with van der Waals surface area (Å²) in [6, 6.07) is 3.51. The van der Waals surface area contributed by atoms with Crippen LogP contribution in [0.15, 0.2) is 29.0 Å². The van der Waals surface area contributed by atoms with Gasteiger partial charge in [0.05, 0.1) is 6.26 Å². The molecule has 1 N–H and O–H groups in total. The molecule has 16 heavy (non-hydrogen) atoms. The molecule has 0 aliphatic heterocycles. The molecule has 5 nitrogen and oxygen atoms in total. The van der Waals surface area contributed by atoms with Crippen molar-refractivity contribution in [2.45, 2.75) is 19.9 Å². The SMILES string of the molecule is CC(C)n1cc(C(=O)O)c(-c2ccco2)n1. The first-order chi connectivity index (χ1) is 7.59. The van der Waals surface area contributed by atoms with Crippen LogP contribution in [0.2, 0.25) is 0 Å². The minimum Gasteiger partial charge on any atom is -0.478 e. The number of carboxylic acid groups (broad SMARTS) is 1. The van der Waals surface area contributed by atoms with Crippen molar-refractivity contribution in [1.29, 1.82) is 0 Å². The Hall–Kier alpha value is -2.04. The lowest BCUT2D eigenvalue weighted by molar-refractivity contribution is 0.0697. The Morgan fingerprint density at radius 3 is 2.81 bits per heavy atom. The molecule has 0 aromatic carbocycles. The van der Waals surface area contributed by atoms with Crippen molar-refractivity contribution in [2.24, 2.45) is 0 Å². The summed E-state index contributed by atoms with van der Waals surface area (Å²) in [5.41, 5.74) is 0.523. The number of aromatic carboxylic acids is 1. The number of carbonyl (C=O) groups is 1. The molecule has 5 heteroatoms. The molecule has 0 saturated heterocycles. The fourth-order valence-corrected chi connectivity index (χ4v) is 1.41. The van der Waals surface area contributed by atoms with Crippen LogP contribution in [0.3, 0.4) is 0 Å². The summed E-state index contributed by atoms with van der Waals surface area (Å²) in [5.74, 6) is -0.532. The molecule has 2 aromatic heterocycles. The third-order valence-electron chi connectivity index (χ3n) is 2.25. The highest BCUT2D eigenvalue weighted by molar-refractivity contribution is 5.93. The number of nitrogens with zero attached hydrogens (tertiary/aromatic N) is 2. The number of hydrogen-bond donors (Lipinski definition) is 1. The third kappa shape index (κ3) is 1.71. The fraction of sp³-hybridized carbons (Fsp3) is 0.273. The van der Waals surface area contributed by atoms with Gasteiger partial charge in [0.15, 0.2) is 5.76 Å². The van der Waals surface area contributed by atoms with Crippen LogP contribution in [0.25, 0.3) is 11.5 Å². The van der Waals surface area contributed by atoms with Crippen molar-refractivity contribution in [3.63, 3.8) is 0 Å². The Kier molecular flexibility index (Phi) is 2.52. The van der Waals surface area contributed by atoms with Gasteiger partial charge in [-0.15, -0.1) is 0 Å². The van der Waals surface area contributed by atoms with E-state index in [2.05, 4.69) is 5.10 Å². The van der Waals surface area contributed by atoms with Gasteiger partial charge in [0.2, 0.25) is 0 Å². The van der Waals surface area contributed by atoms with E-state index in [0.29, 0.717) is 11.5 Å². The van der Waals surface area contributed by atoms with E-state index in [1.807, 2.05) is 13.8 Å². The molecule has 0 atom stereocenters. The van der Waals surface area contributed by atoms with E-state index in [4.69, 9.17) is 9.52 Å². The molecule has 0 unspecified atom stereocenters. The van der Waals surface area contributed by atoms with Crippen LogP contribution in [0.4, 0.5) is 0 Å². The third-order valence-corrected chi connectivity index (χ3v) is 2.25. The van der Waals surface area contributed by atoms with Crippen LogP contribution >= 0.6 is 0 Å². The largest absolute Gasteiger partial charge is 0.478 e. The van der Waals surface area contributed by atoms with Gasteiger partial charge < -0.3 is 9.52 Å². The first kappa shape index (κ1) is 10.5. The molecule has 0 bridgehead atoms. The molecule has 0 radical (unpaired) electrons. The van der Waals surface area contributed by atoms with E-state index in [9.17, 15) is 4.79 Å². The molecule has 0 spiro atoms. The van der Waals surface area contributed by atoms with E-state index >= 15 is 0 Å². The van der Waals surface area contributed by atoms with Gasteiger partial charge in [-0.1, -0.05) is 0 Å². The predicted octanol–water partition coefficient (Wildman–Crippen LogP) is 2.42. The van der Waals surface area contributed by atoms with E-state index < -0.39 is 5.97 Å². The highest BCUT2D eigenvalue weighted by Gasteiger charge is 2.19. The highest BCUT2D eigenvalue weighted by Crippen LogP contribution is 2.23. The van der Waals surface area contributed by atoms with Gasteiger partial charge in [-0.2, -0.15) is 5.10 Å². The number of carboxylic acids is 1. The van der Waals surface area contributed by atoms with Crippen molar-refractivity contribution in [1.82, 2.24) is 9.78 Å². The standard InChI is InChI=1S/C11H12N2O3/c1-7(2)13-6-8(11(14)15)10(12-13)9-4-3-5-16-9/h3-7H,1-2H3,(H,14,15). The summed E-state index contributed by atoms with van der Waals surface area (Å²) in [6.45, 7) is 3.87. The molecule has 0 fully saturated rings. The molecule has 0 aliphatic carbocycles. The molecule has 0 saturated carbocycles. The fourth-order valence-electron chi connectivity index (χ4n) is 1.41. The van der Waals surface area contributed by atoms with Gasteiger partial charge in [0, 0.05) is 12.2 Å². The summed E-state index contributed by atoms with van der Waals surface area (Å²) < 4.78 is 6.78. The smallest absolute Gasteiger partial charge is 0.339 e. The average molecular weight is 220 g/mol. The Morgan fingerprint density at radius 2 is 2.31 bits per heavy atom. The predicted molar refractivity (Wildman–Crippen MR) is 57.3 cm³/mol. The first-order valence-corrected chi connectivity index (χ1v) is 4.96. The lowest BCUT2D eigenvalue weighted by Crippen LogP contribution is -2.00. The van der Waals surface area contributed by atoms with Crippen LogP contribution in [0, 0.1) is 0 Å². The van der Waals surface area contributed by atoms with Gasteiger partial charge in [-0.05, 0) is 26.0 Å². The van der Waals surface area contributed by atoms with Gasteiger partial charge in [-0.25, -0.2) is 4.79 Å². The lowest BCUT2D eigenvalue weighted by atomic mass is 10.2. The lowest BCUT2D eigenvalue weighted by Gasteiger charge is -2.02. The summed E-state index contributed by atoms with van der Waals surface area (Å²) in [6.07, 6.45) is 3.01. The zero-order valence-electron chi connectivity index (χ0n) is 9.04. The molecular formula is C11H12N2O3. The van der Waals surface area contributed by atoms with E-state index in [0.717, 1.165) is 0 Å². The molecular weight excluding hydrogens is 208 g/mol. The average Bonchev–Trinajstić information content (AvgIpc) is 2.86. The Balaban J connectivity index is 2.55. The molecule has 2 rings (SSSR count). The topological polar surface area (TPSA) is 68.3 Å². The summed E-state index contributed by atoms with van der Waals surface area (Å²) >= 11 is 0. The van der Waals surface area contributed by atoms with Gasteiger partial charge in [0.1, 0.15) is 11.3 Å². The zero-order valence-corrected chi connectivity index (χ0v) is 9.04. The van der Waals surface area contributed by atoms with Crippen LogP contribution in [0.1, 0.15) is 30.2 Å². The number of furan rings is 1. The maximum Gasteiger partial charge on any atom is 0.339 e. The Labute approximate surface area is 92.3 Å². The second kappa shape index (κ2) is 3.84. The van der Waals surface area contributed by atoms with Crippen molar-refractivity contribution in [3.8, 4) is 11.5 Å². The van der Waals surface area contributed by atoms with Crippen LogP contribution in [-0.2, 0) is 0 Å². The van der Waals surface area contributed by atoms with E-state index in [-0.39, 0.29) is 11.6 Å². The van der Waals surface area contributed by atoms with Crippen molar-refractivity contribution in [2.75, 3.05) is 0 Å². The minimum absolute atomic E-state index is 0.113. The number of rotatable bonds is 3. The maximum atomic E-state index is 11.1. The minimum atomic E-state index is -1.00. The molecule has 0 amide bonds. The second-order valence-corrected chi connectivity index (χ2v) is 3.75. The Morgan fingerprint density at radius 1 is 1.56 bits per heavy atom. The summed E-state index contributed by atoms with van der Waals surface area (Å²) in [4.78, 5) is 11.1. The zero-order chi connectivity index (χ0) is 11.7. The molecule has 2 aromatic rings. The number of aromatic nitrogens is 2. The van der Waals surface area contributed by atoms with Gasteiger partial charge >= 0.3 is 5.97 Å². The summed E-state index contributed by atoms with van der Waals surface area (Å²) in [5, 5.41) is 13.3. The van der Waals surface area contributed by atoms with Crippen molar-refractivity contribution in [3.05, 3.63) is 30.2 Å². The van der Waals surface area contributed by atoms with Crippen LogP contribution in [-0.4, -0.2) is 20.9 Å².